The van der Waals surface area contributed by atoms with E-state index in [1.807, 2.05) is 6.07 Å². The first-order chi connectivity index (χ1) is 20.1. The second-order valence-corrected chi connectivity index (χ2v) is 12.7. The molecule has 3 N–H and O–H groups in total. The minimum atomic E-state index is -3.06. The first kappa shape index (κ1) is 27.7. The summed E-state index contributed by atoms with van der Waals surface area (Å²) in [6, 6.07) is 4.60. The number of aliphatic hydroxyl groups excluding tert-OH is 1. The fourth-order valence-electron chi connectivity index (χ4n) is 7.99. The lowest BCUT2D eigenvalue weighted by atomic mass is 9.69. The van der Waals surface area contributed by atoms with Crippen molar-refractivity contribution in [2.24, 2.45) is 0 Å². The molecule has 5 heterocycles. The third-order valence-corrected chi connectivity index (χ3v) is 10.3. The van der Waals surface area contributed by atoms with Gasteiger partial charge in [0.2, 0.25) is 0 Å². The molecule has 0 radical (unpaired) electrons. The number of hydrogen-bond donors (Lipinski definition) is 2. The Balaban J connectivity index is 1.29. The number of nitrogens with zero attached hydrogens (tertiary/aromatic N) is 5. The molecule has 0 saturated carbocycles. The topological polar surface area (TPSA) is 121 Å². The lowest BCUT2D eigenvalue weighted by molar-refractivity contribution is -0.0926. The van der Waals surface area contributed by atoms with Gasteiger partial charge in [-0.1, -0.05) is 13.0 Å². The predicted octanol–water partition coefficient (Wildman–Crippen LogP) is 3.57. The third kappa shape index (κ3) is 4.07. The zero-order valence-electron chi connectivity index (χ0n) is 23.6. The summed E-state index contributed by atoms with van der Waals surface area (Å²) in [4.78, 5) is 12.9. The fourth-order valence-corrected chi connectivity index (χ4v) is 7.99. The molecule has 7 rings (SSSR count). The van der Waals surface area contributed by atoms with Crippen molar-refractivity contribution in [3.8, 4) is 12.1 Å². The fraction of sp³-hybridized carbons (Fsp3) is 0.633. The highest BCUT2D eigenvalue weighted by Crippen LogP contribution is 2.52. The molecule has 224 valence electrons. The van der Waals surface area contributed by atoms with E-state index in [0.29, 0.717) is 41.9 Å². The Labute approximate surface area is 242 Å². The van der Waals surface area contributed by atoms with Crippen molar-refractivity contribution in [2.45, 2.75) is 87.2 Å². The van der Waals surface area contributed by atoms with Crippen molar-refractivity contribution in [1.82, 2.24) is 14.9 Å². The van der Waals surface area contributed by atoms with Crippen LogP contribution in [0.15, 0.2) is 12.1 Å². The molecule has 42 heavy (non-hydrogen) atoms. The SMILES string of the molecule is CC1CCC2(Cc3nc(OCC45CCCN4CC(F)C5)nc(N4CC(F)(F)C4CO)c3CO2)c2c1ccc(N)c2C#N. The average molecular weight is 585 g/mol. The lowest BCUT2D eigenvalue weighted by Crippen LogP contribution is -2.67. The molecule has 3 saturated heterocycles. The van der Waals surface area contributed by atoms with E-state index >= 15 is 0 Å². The summed E-state index contributed by atoms with van der Waals surface area (Å²) < 4.78 is 56.0. The Morgan fingerprint density at radius 3 is 2.88 bits per heavy atom. The molecular formula is C30H35F3N6O3. The summed E-state index contributed by atoms with van der Waals surface area (Å²) in [6.45, 7) is 2.21. The number of halogens is 3. The minimum absolute atomic E-state index is 0.0359. The van der Waals surface area contributed by atoms with Crippen LogP contribution in [0, 0.1) is 11.3 Å². The Morgan fingerprint density at radius 2 is 2.12 bits per heavy atom. The van der Waals surface area contributed by atoms with Crippen LogP contribution in [0.25, 0.3) is 0 Å². The zero-order valence-corrected chi connectivity index (χ0v) is 23.6. The van der Waals surface area contributed by atoms with Crippen molar-refractivity contribution in [2.75, 3.05) is 43.5 Å². The number of benzene rings is 1. The average Bonchev–Trinajstić information content (AvgIpc) is 3.48. The third-order valence-electron chi connectivity index (χ3n) is 10.3. The number of aliphatic hydroxyl groups is 1. The zero-order chi connectivity index (χ0) is 29.4. The summed E-state index contributed by atoms with van der Waals surface area (Å²) in [5.74, 6) is -2.61. The molecule has 1 spiro atoms. The van der Waals surface area contributed by atoms with Crippen molar-refractivity contribution in [3.63, 3.8) is 0 Å². The predicted molar refractivity (Wildman–Crippen MR) is 147 cm³/mol. The van der Waals surface area contributed by atoms with E-state index in [4.69, 9.17) is 20.2 Å². The van der Waals surface area contributed by atoms with Gasteiger partial charge in [-0.05, 0) is 49.8 Å². The molecule has 0 amide bonds. The molecule has 4 aliphatic heterocycles. The Bertz CT molecular complexity index is 1470. The van der Waals surface area contributed by atoms with Crippen LogP contribution in [0.3, 0.4) is 0 Å². The maximum absolute atomic E-state index is 14.4. The van der Waals surface area contributed by atoms with Gasteiger partial charge in [-0.25, -0.2) is 13.2 Å². The highest BCUT2D eigenvalue weighted by Gasteiger charge is 2.56. The standard InChI is InChI=1S/C30H35F3N6O3/c1-17-5-7-29(25-19(17)3-4-22(35)20(25)11-34)10-23-21(14-42-29)26(39-15-30(32,33)24(39)13-40)37-27(36-23)41-16-28-6-2-8-38(28)12-18(31)9-28/h3-4,17-18,24,40H,2,5-10,12-16,35H2,1H3. The molecule has 0 bridgehead atoms. The van der Waals surface area contributed by atoms with Crippen LogP contribution in [0.5, 0.6) is 6.01 Å². The van der Waals surface area contributed by atoms with E-state index in [2.05, 4.69) is 22.9 Å². The number of nitrogens with two attached hydrogens (primary N) is 1. The number of nitriles is 1. The van der Waals surface area contributed by atoms with Gasteiger partial charge in [0.05, 0.1) is 36.6 Å². The van der Waals surface area contributed by atoms with Gasteiger partial charge < -0.3 is 25.2 Å². The number of alkyl halides is 3. The summed E-state index contributed by atoms with van der Waals surface area (Å²) >= 11 is 0. The van der Waals surface area contributed by atoms with Crippen LogP contribution in [0.1, 0.15) is 72.9 Å². The Kier molecular flexibility index (Phi) is 6.39. The van der Waals surface area contributed by atoms with Crippen LogP contribution >= 0.6 is 0 Å². The van der Waals surface area contributed by atoms with Gasteiger partial charge in [0.25, 0.3) is 5.92 Å². The van der Waals surface area contributed by atoms with Gasteiger partial charge in [0.1, 0.15) is 36.3 Å². The second kappa shape index (κ2) is 9.69. The number of rotatable bonds is 5. The summed E-state index contributed by atoms with van der Waals surface area (Å²) in [5, 5.41) is 19.9. The monoisotopic (exact) mass is 584 g/mol. The molecule has 5 atom stereocenters. The molecule has 5 unspecified atom stereocenters. The van der Waals surface area contributed by atoms with Crippen LogP contribution in [0.4, 0.5) is 24.7 Å². The molecule has 12 heteroatoms. The lowest BCUT2D eigenvalue weighted by Gasteiger charge is -2.49. The number of hydrogen-bond acceptors (Lipinski definition) is 9. The van der Waals surface area contributed by atoms with Crippen LogP contribution in [-0.4, -0.2) is 76.5 Å². The summed E-state index contributed by atoms with van der Waals surface area (Å²) in [5.41, 5.74) is 8.64. The van der Waals surface area contributed by atoms with E-state index < -0.39 is 42.4 Å². The van der Waals surface area contributed by atoms with Crippen LogP contribution in [0.2, 0.25) is 0 Å². The van der Waals surface area contributed by atoms with Gasteiger partial charge in [-0.3, -0.25) is 4.90 Å². The van der Waals surface area contributed by atoms with E-state index in [-0.39, 0.29) is 37.4 Å². The van der Waals surface area contributed by atoms with Gasteiger partial charge in [0, 0.05) is 36.2 Å². The summed E-state index contributed by atoms with van der Waals surface area (Å²) in [7, 11) is 0. The van der Waals surface area contributed by atoms with Crippen LogP contribution < -0.4 is 15.4 Å². The number of aromatic nitrogens is 2. The van der Waals surface area contributed by atoms with Crippen molar-refractivity contribution < 1.29 is 27.8 Å². The molecule has 9 nitrogen and oxygen atoms in total. The smallest absolute Gasteiger partial charge is 0.318 e. The van der Waals surface area contributed by atoms with Gasteiger partial charge in [-0.2, -0.15) is 15.2 Å². The first-order valence-electron chi connectivity index (χ1n) is 14.7. The quantitative estimate of drug-likeness (QED) is 0.508. The molecule has 2 aromatic rings. The molecule has 3 fully saturated rings. The van der Waals surface area contributed by atoms with Gasteiger partial charge in [0.15, 0.2) is 0 Å². The van der Waals surface area contributed by atoms with Crippen LogP contribution in [-0.2, 0) is 23.4 Å². The normalized spacial score (nSPS) is 33.0. The Morgan fingerprint density at radius 1 is 1.29 bits per heavy atom. The number of nitrogen functional groups attached to an aromatic ring is 1. The maximum atomic E-state index is 14.4. The molecule has 5 aliphatic rings. The first-order valence-corrected chi connectivity index (χ1v) is 14.7. The number of fused-ring (bicyclic) bond motifs is 4. The largest absolute Gasteiger partial charge is 0.461 e. The van der Waals surface area contributed by atoms with Crippen molar-refractivity contribution >= 4 is 11.5 Å². The number of ether oxygens (including phenoxy) is 2. The minimum Gasteiger partial charge on any atom is -0.461 e. The van der Waals surface area contributed by atoms with Crippen molar-refractivity contribution in [3.05, 3.63) is 40.1 Å². The van der Waals surface area contributed by atoms with E-state index in [1.54, 1.807) is 6.07 Å². The Hall–Kier alpha value is -3.14. The van der Waals surface area contributed by atoms with Gasteiger partial charge >= 0.3 is 6.01 Å². The van der Waals surface area contributed by atoms with Gasteiger partial charge in [-0.15, -0.1) is 0 Å². The van der Waals surface area contributed by atoms with E-state index in [9.17, 15) is 23.5 Å². The molecule has 1 aliphatic carbocycles. The molecule has 1 aromatic carbocycles. The second-order valence-electron chi connectivity index (χ2n) is 12.7. The van der Waals surface area contributed by atoms with E-state index in [0.717, 1.165) is 36.9 Å². The highest BCUT2D eigenvalue weighted by atomic mass is 19.3. The summed E-state index contributed by atoms with van der Waals surface area (Å²) in [6.07, 6.45) is 2.95. The van der Waals surface area contributed by atoms with E-state index in [1.165, 1.54) is 4.90 Å². The van der Waals surface area contributed by atoms with Crippen molar-refractivity contribution in [1.29, 1.82) is 5.26 Å². The highest BCUT2D eigenvalue weighted by molar-refractivity contribution is 5.64. The maximum Gasteiger partial charge on any atom is 0.318 e. The molecular weight excluding hydrogens is 549 g/mol. The number of anilines is 2. The molecule has 1 aromatic heterocycles.